The van der Waals surface area contributed by atoms with Crippen molar-refractivity contribution < 1.29 is 0 Å². The van der Waals surface area contributed by atoms with Crippen molar-refractivity contribution in [2.24, 2.45) is 5.92 Å². The zero-order valence-electron chi connectivity index (χ0n) is 10.4. The first-order valence-corrected chi connectivity index (χ1v) is 7.75. The second-order valence-corrected chi connectivity index (χ2v) is 6.26. The van der Waals surface area contributed by atoms with Gasteiger partial charge in [0.15, 0.2) is 0 Å². The molecule has 1 rings (SSSR count). The highest BCUT2D eigenvalue weighted by Gasteiger charge is 2.13. The van der Waals surface area contributed by atoms with Crippen molar-refractivity contribution in [2.75, 3.05) is 18.1 Å². The maximum atomic E-state index is 3.66. The van der Waals surface area contributed by atoms with Crippen LogP contribution in [0.4, 0.5) is 0 Å². The van der Waals surface area contributed by atoms with Gasteiger partial charge in [-0.15, -0.1) is 0 Å². The number of thioether (sulfide) groups is 1. The Hall–Kier alpha value is 0.310. The minimum Gasteiger partial charge on any atom is -0.313 e. The molecule has 0 aromatic heterocycles. The molecular formula is C13H27NS. The first-order chi connectivity index (χ1) is 7.29. The first kappa shape index (κ1) is 13.4. The molecule has 1 heterocycles. The maximum Gasteiger partial charge on any atom is 0.0166 e. The van der Waals surface area contributed by atoms with Gasteiger partial charge in [0.1, 0.15) is 0 Å². The van der Waals surface area contributed by atoms with Gasteiger partial charge in [-0.05, 0) is 31.1 Å². The Labute approximate surface area is 99.8 Å². The van der Waals surface area contributed by atoms with Crippen LogP contribution in [0.2, 0.25) is 0 Å². The minimum atomic E-state index is 0.825. The van der Waals surface area contributed by atoms with Gasteiger partial charge >= 0.3 is 0 Å². The quantitative estimate of drug-likeness (QED) is 0.637. The second-order valence-electron chi connectivity index (χ2n) is 5.11. The van der Waals surface area contributed by atoms with E-state index in [-0.39, 0.29) is 0 Å². The molecule has 0 radical (unpaired) electrons. The van der Waals surface area contributed by atoms with E-state index in [0.29, 0.717) is 0 Å². The van der Waals surface area contributed by atoms with Crippen molar-refractivity contribution >= 4 is 11.8 Å². The molecule has 1 aliphatic heterocycles. The summed E-state index contributed by atoms with van der Waals surface area (Å²) in [7, 11) is 0. The average Bonchev–Trinajstić information content (AvgIpc) is 2.68. The van der Waals surface area contributed by atoms with Crippen molar-refractivity contribution in [3.05, 3.63) is 0 Å². The zero-order chi connectivity index (χ0) is 10.9. The molecule has 1 fully saturated rings. The van der Waals surface area contributed by atoms with Crippen molar-refractivity contribution in [3.63, 3.8) is 0 Å². The van der Waals surface area contributed by atoms with Gasteiger partial charge in [0, 0.05) is 11.8 Å². The molecule has 1 aliphatic rings. The third-order valence-electron chi connectivity index (χ3n) is 3.07. The highest BCUT2D eigenvalue weighted by atomic mass is 32.2. The van der Waals surface area contributed by atoms with Gasteiger partial charge in [0.25, 0.3) is 0 Å². The molecule has 0 unspecified atom stereocenters. The van der Waals surface area contributed by atoms with E-state index in [0.717, 1.165) is 12.0 Å². The van der Waals surface area contributed by atoms with Gasteiger partial charge in [0.05, 0.1) is 0 Å². The largest absolute Gasteiger partial charge is 0.313 e. The van der Waals surface area contributed by atoms with Crippen LogP contribution in [0.3, 0.4) is 0 Å². The Morgan fingerprint density at radius 2 is 2.00 bits per heavy atom. The fourth-order valence-electron chi connectivity index (χ4n) is 2.03. The molecular weight excluding hydrogens is 202 g/mol. The van der Waals surface area contributed by atoms with Gasteiger partial charge in [-0.1, -0.05) is 39.5 Å². The fraction of sp³-hybridized carbons (Fsp3) is 1.00. The highest BCUT2D eigenvalue weighted by Crippen LogP contribution is 2.17. The van der Waals surface area contributed by atoms with Crippen LogP contribution in [0.5, 0.6) is 0 Å². The summed E-state index contributed by atoms with van der Waals surface area (Å²) in [6, 6.07) is 0.825. The first-order valence-electron chi connectivity index (χ1n) is 6.60. The fourth-order valence-corrected chi connectivity index (χ4v) is 3.22. The molecule has 0 aromatic rings. The molecule has 0 bridgehead atoms. The van der Waals surface area contributed by atoms with E-state index in [1.807, 2.05) is 0 Å². The zero-order valence-corrected chi connectivity index (χ0v) is 11.2. The summed E-state index contributed by atoms with van der Waals surface area (Å²) < 4.78 is 0. The lowest BCUT2D eigenvalue weighted by atomic mass is 10.0. The van der Waals surface area contributed by atoms with Crippen molar-refractivity contribution in [3.8, 4) is 0 Å². The Morgan fingerprint density at radius 1 is 1.20 bits per heavy atom. The number of hydrogen-bond acceptors (Lipinski definition) is 2. The molecule has 1 nitrogen and oxygen atoms in total. The lowest BCUT2D eigenvalue weighted by Gasteiger charge is -2.10. The minimum absolute atomic E-state index is 0.825. The van der Waals surface area contributed by atoms with Gasteiger partial charge in [-0.25, -0.2) is 0 Å². The van der Waals surface area contributed by atoms with Crippen LogP contribution < -0.4 is 5.32 Å². The van der Waals surface area contributed by atoms with Crippen LogP contribution in [-0.4, -0.2) is 24.1 Å². The molecule has 1 N–H and O–H groups in total. The molecule has 0 spiro atoms. The number of nitrogens with one attached hydrogen (secondary N) is 1. The Bertz CT molecular complexity index is 141. The normalized spacial score (nSPS) is 21.4. The van der Waals surface area contributed by atoms with E-state index in [9.17, 15) is 0 Å². The molecule has 0 saturated carbocycles. The SMILES string of the molecule is CC(C)CCCCCCN[C@@H]1CCSC1. The monoisotopic (exact) mass is 229 g/mol. The van der Waals surface area contributed by atoms with Crippen LogP contribution in [0.25, 0.3) is 0 Å². The van der Waals surface area contributed by atoms with Gasteiger partial charge in [-0.3, -0.25) is 0 Å². The molecule has 0 aliphatic carbocycles. The Morgan fingerprint density at radius 3 is 2.67 bits per heavy atom. The Kier molecular flexibility index (Phi) is 7.54. The van der Waals surface area contributed by atoms with Crippen molar-refractivity contribution in [1.82, 2.24) is 5.32 Å². The number of hydrogen-bond donors (Lipinski definition) is 1. The van der Waals surface area contributed by atoms with Crippen molar-refractivity contribution in [2.45, 2.75) is 58.4 Å². The summed E-state index contributed by atoms with van der Waals surface area (Å²) in [4.78, 5) is 0. The van der Waals surface area contributed by atoms with Gasteiger partial charge in [-0.2, -0.15) is 11.8 Å². The number of unbranched alkanes of at least 4 members (excludes halogenated alkanes) is 3. The lowest BCUT2D eigenvalue weighted by Crippen LogP contribution is -2.29. The average molecular weight is 229 g/mol. The van der Waals surface area contributed by atoms with E-state index < -0.39 is 0 Å². The highest BCUT2D eigenvalue weighted by molar-refractivity contribution is 7.99. The summed E-state index contributed by atoms with van der Waals surface area (Å²) >= 11 is 2.09. The van der Waals surface area contributed by atoms with Crippen LogP contribution in [0, 0.1) is 5.92 Å². The molecule has 1 atom stereocenters. The van der Waals surface area contributed by atoms with Crippen molar-refractivity contribution in [1.29, 1.82) is 0 Å². The van der Waals surface area contributed by atoms with E-state index in [1.165, 1.54) is 56.6 Å². The van der Waals surface area contributed by atoms with Crippen LogP contribution >= 0.6 is 11.8 Å². The summed E-state index contributed by atoms with van der Waals surface area (Å²) in [5, 5.41) is 3.66. The lowest BCUT2D eigenvalue weighted by molar-refractivity contribution is 0.495. The summed E-state index contributed by atoms with van der Waals surface area (Å²) in [6.07, 6.45) is 8.44. The predicted molar refractivity (Wildman–Crippen MR) is 71.7 cm³/mol. The Balaban J connectivity index is 1.76. The van der Waals surface area contributed by atoms with Gasteiger partial charge in [0.2, 0.25) is 0 Å². The third kappa shape index (κ3) is 7.24. The van der Waals surface area contributed by atoms with E-state index in [2.05, 4.69) is 30.9 Å². The summed E-state index contributed by atoms with van der Waals surface area (Å²) in [5.74, 6) is 3.60. The van der Waals surface area contributed by atoms with E-state index in [4.69, 9.17) is 0 Å². The molecule has 90 valence electrons. The molecule has 15 heavy (non-hydrogen) atoms. The summed E-state index contributed by atoms with van der Waals surface area (Å²) in [6.45, 7) is 5.88. The topological polar surface area (TPSA) is 12.0 Å². The third-order valence-corrected chi connectivity index (χ3v) is 4.23. The summed E-state index contributed by atoms with van der Waals surface area (Å²) in [5.41, 5.74) is 0. The van der Waals surface area contributed by atoms with Crippen LogP contribution in [-0.2, 0) is 0 Å². The standard InChI is InChI=1S/C13H27NS/c1-12(2)7-5-3-4-6-9-14-13-8-10-15-11-13/h12-14H,3-11H2,1-2H3/t13-/m1/s1. The number of rotatable bonds is 8. The second kappa shape index (κ2) is 8.46. The smallest absolute Gasteiger partial charge is 0.0166 e. The molecule has 1 saturated heterocycles. The van der Waals surface area contributed by atoms with E-state index in [1.54, 1.807) is 0 Å². The van der Waals surface area contributed by atoms with Gasteiger partial charge < -0.3 is 5.32 Å². The molecule has 0 aromatic carbocycles. The van der Waals surface area contributed by atoms with Crippen LogP contribution in [0.1, 0.15) is 52.4 Å². The van der Waals surface area contributed by atoms with Crippen LogP contribution in [0.15, 0.2) is 0 Å². The van der Waals surface area contributed by atoms with E-state index >= 15 is 0 Å². The molecule has 0 amide bonds. The maximum absolute atomic E-state index is 3.66. The predicted octanol–water partition coefficient (Wildman–Crippen LogP) is 3.69. The molecule has 2 heteroatoms.